The summed E-state index contributed by atoms with van der Waals surface area (Å²) < 4.78 is 7.25. The summed E-state index contributed by atoms with van der Waals surface area (Å²) >= 11 is 0. The van der Waals surface area contributed by atoms with Crippen LogP contribution in [-0.4, -0.2) is 33.2 Å². The van der Waals surface area contributed by atoms with Gasteiger partial charge in [0.15, 0.2) is 6.61 Å². The molecule has 0 fully saturated rings. The molecule has 1 atom stereocenters. The van der Waals surface area contributed by atoms with Crippen LogP contribution in [0.2, 0.25) is 0 Å². The molecule has 8 heteroatoms. The molecular formula is C20H19N5O3. The molecule has 1 aliphatic rings. The van der Waals surface area contributed by atoms with Crippen molar-refractivity contribution in [3.63, 3.8) is 0 Å². The molecule has 4 rings (SSSR count). The zero-order valence-electron chi connectivity index (χ0n) is 15.3. The van der Waals surface area contributed by atoms with Crippen molar-refractivity contribution in [3.8, 4) is 5.75 Å². The number of hydrogen-bond acceptors (Lipinski definition) is 5. The lowest BCUT2D eigenvalue weighted by molar-refractivity contribution is -0.118. The number of fused-ring (bicyclic) bond motifs is 1. The molecule has 142 valence electrons. The van der Waals surface area contributed by atoms with Gasteiger partial charge in [-0.3, -0.25) is 14.9 Å². The number of nitrogens with zero attached hydrogens (tertiary/aromatic N) is 3. The molecule has 3 aromatic rings. The first-order valence-corrected chi connectivity index (χ1v) is 8.87. The van der Waals surface area contributed by atoms with Crippen LogP contribution in [0.15, 0.2) is 54.9 Å². The molecule has 0 radical (unpaired) electrons. The van der Waals surface area contributed by atoms with E-state index in [0.717, 1.165) is 16.8 Å². The number of amides is 2. The lowest BCUT2D eigenvalue weighted by Crippen LogP contribution is -2.29. The molecule has 2 amide bonds. The van der Waals surface area contributed by atoms with Crippen LogP contribution in [0.3, 0.4) is 0 Å². The fraction of sp³-hybridized carbons (Fsp3) is 0.200. The van der Waals surface area contributed by atoms with Gasteiger partial charge in [-0.15, -0.1) is 0 Å². The van der Waals surface area contributed by atoms with Crippen molar-refractivity contribution >= 4 is 23.5 Å². The Labute approximate surface area is 161 Å². The van der Waals surface area contributed by atoms with Crippen molar-refractivity contribution < 1.29 is 14.3 Å². The number of ether oxygens (including phenoxy) is 1. The molecule has 1 aliphatic heterocycles. The first-order valence-electron chi connectivity index (χ1n) is 8.87. The summed E-state index contributed by atoms with van der Waals surface area (Å²) in [6, 6.07) is 14.6. The van der Waals surface area contributed by atoms with Gasteiger partial charge in [0.05, 0.1) is 12.5 Å². The fourth-order valence-corrected chi connectivity index (χ4v) is 3.12. The van der Waals surface area contributed by atoms with Crippen LogP contribution >= 0.6 is 0 Å². The summed E-state index contributed by atoms with van der Waals surface area (Å²) in [5.41, 5.74) is 2.72. The molecule has 2 heterocycles. The molecule has 28 heavy (non-hydrogen) atoms. The summed E-state index contributed by atoms with van der Waals surface area (Å²) in [5, 5.41) is 9.67. The number of benzene rings is 2. The topological polar surface area (TPSA) is 98.1 Å². The Balaban J connectivity index is 1.38. The Morgan fingerprint density at radius 2 is 2.11 bits per heavy atom. The molecule has 0 saturated carbocycles. The second kappa shape index (κ2) is 7.51. The van der Waals surface area contributed by atoms with E-state index in [-0.39, 0.29) is 30.9 Å². The third kappa shape index (κ3) is 3.85. The highest BCUT2D eigenvalue weighted by atomic mass is 16.5. The average molecular weight is 377 g/mol. The third-order valence-corrected chi connectivity index (χ3v) is 4.43. The minimum Gasteiger partial charge on any atom is -0.484 e. The molecule has 2 aromatic carbocycles. The van der Waals surface area contributed by atoms with Crippen molar-refractivity contribution in [1.29, 1.82) is 0 Å². The second-order valence-electron chi connectivity index (χ2n) is 6.57. The monoisotopic (exact) mass is 377 g/mol. The zero-order valence-corrected chi connectivity index (χ0v) is 15.3. The van der Waals surface area contributed by atoms with Crippen molar-refractivity contribution in [3.05, 3.63) is 66.0 Å². The largest absolute Gasteiger partial charge is 0.484 e. The van der Waals surface area contributed by atoms with E-state index < -0.39 is 0 Å². The standard InChI is InChI=1S/C20H19N5O3/c1-13-3-2-4-15(9-13)23-19(27)11-28-16-7-5-14(6-8-16)17-10-18(26)24-20-21-12-22-25(17)20/h2-9,12,17H,10-11H2,1H3,(H,23,27)(H,21,22,24,26)/t17-/m0/s1. The minimum atomic E-state index is -0.231. The first kappa shape index (κ1) is 17.7. The van der Waals surface area contributed by atoms with Gasteiger partial charge in [-0.25, -0.2) is 4.68 Å². The summed E-state index contributed by atoms with van der Waals surface area (Å²) in [6.45, 7) is 1.87. The fourth-order valence-electron chi connectivity index (χ4n) is 3.12. The number of carbonyl (C=O) groups is 2. The van der Waals surface area contributed by atoms with E-state index in [1.165, 1.54) is 6.33 Å². The maximum Gasteiger partial charge on any atom is 0.262 e. The Bertz CT molecular complexity index is 1010. The summed E-state index contributed by atoms with van der Waals surface area (Å²) in [6.07, 6.45) is 1.70. The normalized spacial score (nSPS) is 15.5. The average Bonchev–Trinajstić information content (AvgIpc) is 3.14. The maximum absolute atomic E-state index is 12.1. The van der Waals surface area contributed by atoms with E-state index in [2.05, 4.69) is 20.7 Å². The second-order valence-corrected chi connectivity index (χ2v) is 6.57. The van der Waals surface area contributed by atoms with Crippen molar-refractivity contribution in [2.75, 3.05) is 17.2 Å². The predicted octanol–water partition coefficient (Wildman–Crippen LogP) is 2.54. The Morgan fingerprint density at radius 1 is 1.29 bits per heavy atom. The highest BCUT2D eigenvalue weighted by Crippen LogP contribution is 2.29. The van der Waals surface area contributed by atoms with Crippen LogP contribution < -0.4 is 15.4 Å². The first-order chi connectivity index (χ1) is 13.6. The number of hydrogen-bond donors (Lipinski definition) is 2. The van der Waals surface area contributed by atoms with Gasteiger partial charge >= 0.3 is 0 Å². The predicted molar refractivity (Wildman–Crippen MR) is 103 cm³/mol. The van der Waals surface area contributed by atoms with E-state index >= 15 is 0 Å². The number of carbonyl (C=O) groups excluding carboxylic acids is 2. The van der Waals surface area contributed by atoms with Gasteiger partial charge < -0.3 is 10.1 Å². The van der Waals surface area contributed by atoms with Gasteiger partial charge in [-0.1, -0.05) is 24.3 Å². The molecule has 0 unspecified atom stereocenters. The molecule has 0 saturated heterocycles. The molecule has 8 nitrogen and oxygen atoms in total. The van der Waals surface area contributed by atoms with E-state index in [1.54, 1.807) is 16.8 Å². The quantitative estimate of drug-likeness (QED) is 0.712. The highest BCUT2D eigenvalue weighted by molar-refractivity contribution is 5.92. The zero-order chi connectivity index (χ0) is 19.5. The Morgan fingerprint density at radius 3 is 2.89 bits per heavy atom. The number of aryl methyl sites for hydroxylation is 1. The number of anilines is 2. The van der Waals surface area contributed by atoms with Crippen LogP contribution in [0.4, 0.5) is 11.6 Å². The summed E-state index contributed by atoms with van der Waals surface area (Å²) in [4.78, 5) is 28.0. The molecule has 2 N–H and O–H groups in total. The van der Waals surface area contributed by atoms with E-state index in [9.17, 15) is 9.59 Å². The van der Waals surface area contributed by atoms with Crippen LogP contribution in [0.5, 0.6) is 5.75 Å². The molecule has 1 aromatic heterocycles. The Kier molecular flexibility index (Phi) is 4.76. The van der Waals surface area contributed by atoms with Crippen molar-refractivity contribution in [1.82, 2.24) is 14.8 Å². The van der Waals surface area contributed by atoms with Crippen molar-refractivity contribution in [2.24, 2.45) is 0 Å². The van der Waals surface area contributed by atoms with Crippen LogP contribution in [0.1, 0.15) is 23.6 Å². The van der Waals surface area contributed by atoms with Crippen LogP contribution in [0, 0.1) is 6.92 Å². The molecule has 0 aliphatic carbocycles. The van der Waals surface area contributed by atoms with Gasteiger partial charge in [0.2, 0.25) is 11.9 Å². The summed E-state index contributed by atoms with van der Waals surface area (Å²) in [5.74, 6) is 0.682. The van der Waals surface area contributed by atoms with Crippen LogP contribution in [0.25, 0.3) is 0 Å². The summed E-state index contributed by atoms with van der Waals surface area (Å²) in [7, 11) is 0. The van der Waals surface area contributed by atoms with Gasteiger partial charge in [-0.2, -0.15) is 10.1 Å². The van der Waals surface area contributed by atoms with Gasteiger partial charge in [0.25, 0.3) is 5.91 Å². The van der Waals surface area contributed by atoms with Gasteiger partial charge in [-0.05, 0) is 42.3 Å². The smallest absolute Gasteiger partial charge is 0.262 e. The molecule has 0 spiro atoms. The lowest BCUT2D eigenvalue weighted by atomic mass is 10.0. The van der Waals surface area contributed by atoms with Crippen LogP contribution in [-0.2, 0) is 9.59 Å². The minimum absolute atomic E-state index is 0.0909. The lowest BCUT2D eigenvalue weighted by Gasteiger charge is -2.23. The highest BCUT2D eigenvalue weighted by Gasteiger charge is 2.27. The SMILES string of the molecule is Cc1cccc(NC(=O)COc2ccc([C@@H]3CC(=O)Nc4ncnn43)cc2)c1. The van der Waals surface area contributed by atoms with Gasteiger partial charge in [0, 0.05) is 5.69 Å². The third-order valence-electron chi connectivity index (χ3n) is 4.43. The van der Waals surface area contributed by atoms with E-state index in [4.69, 9.17) is 4.74 Å². The van der Waals surface area contributed by atoms with Gasteiger partial charge in [0.1, 0.15) is 12.1 Å². The van der Waals surface area contributed by atoms with E-state index in [0.29, 0.717) is 11.7 Å². The van der Waals surface area contributed by atoms with Crippen molar-refractivity contribution in [2.45, 2.75) is 19.4 Å². The Hall–Kier alpha value is -3.68. The number of aromatic nitrogens is 3. The number of rotatable bonds is 5. The van der Waals surface area contributed by atoms with E-state index in [1.807, 2.05) is 43.3 Å². The molecule has 0 bridgehead atoms. The maximum atomic E-state index is 12.1. The number of nitrogens with one attached hydrogen (secondary N) is 2. The molecular weight excluding hydrogens is 358 g/mol.